The highest BCUT2D eigenvalue weighted by atomic mass is 35.5. The third kappa shape index (κ3) is 4.31. The zero-order valence-corrected chi connectivity index (χ0v) is 15.9. The molecular formula is C17H10Cl3F3N2S. The molecule has 2 aromatic carbocycles. The Morgan fingerprint density at radius 2 is 1.42 bits per heavy atom. The van der Waals surface area contributed by atoms with Gasteiger partial charge in [-0.2, -0.15) is 8.78 Å². The smallest absolute Gasteiger partial charge is 0.332 e. The van der Waals surface area contributed by atoms with Gasteiger partial charge in [-0.05, 0) is 36.0 Å². The van der Waals surface area contributed by atoms with Crippen LogP contribution in [0.25, 0.3) is 22.5 Å². The molecular weight excluding hydrogens is 428 g/mol. The van der Waals surface area contributed by atoms with Crippen LogP contribution in [0.2, 0.25) is 10.0 Å². The Bertz CT molecular complexity index is 834. The quantitative estimate of drug-likeness (QED) is 0.336. The predicted molar refractivity (Wildman–Crippen MR) is 101 cm³/mol. The molecule has 1 aromatic heterocycles. The van der Waals surface area contributed by atoms with Gasteiger partial charge in [-0.15, -0.1) is 0 Å². The fourth-order valence-electron chi connectivity index (χ4n) is 2.22. The van der Waals surface area contributed by atoms with Crippen LogP contribution in [0.3, 0.4) is 0 Å². The maximum absolute atomic E-state index is 13.6. The Balaban J connectivity index is 2.08. The summed E-state index contributed by atoms with van der Waals surface area (Å²) >= 11 is 16.7. The Kier molecular flexibility index (Phi) is 5.77. The van der Waals surface area contributed by atoms with E-state index in [2.05, 4.69) is 9.97 Å². The minimum Gasteiger partial charge on any atom is -0.332 e. The van der Waals surface area contributed by atoms with Gasteiger partial charge in [0.25, 0.3) is 0 Å². The van der Waals surface area contributed by atoms with Gasteiger partial charge in [0, 0.05) is 21.2 Å². The summed E-state index contributed by atoms with van der Waals surface area (Å²) in [6.45, 7) is 0. The summed E-state index contributed by atoms with van der Waals surface area (Å²) in [5.74, 6) is 0. The second kappa shape index (κ2) is 7.72. The molecule has 3 aromatic rings. The molecule has 0 bridgehead atoms. The molecule has 1 atom stereocenters. The molecule has 2 nitrogen and oxygen atoms in total. The SMILES string of the molecule is FC(Cl)C(F)(F)Sc1nc(-c2ccc(Cl)cc2)c(-c2ccc(Cl)cc2)[nH]1. The first-order valence-corrected chi connectivity index (χ1v) is 9.24. The fourth-order valence-corrected chi connectivity index (χ4v) is 3.24. The van der Waals surface area contributed by atoms with Crippen LogP contribution >= 0.6 is 46.6 Å². The van der Waals surface area contributed by atoms with Crippen LogP contribution in [0.4, 0.5) is 13.2 Å². The molecule has 0 aliphatic heterocycles. The van der Waals surface area contributed by atoms with Gasteiger partial charge in [0.15, 0.2) is 5.16 Å². The summed E-state index contributed by atoms with van der Waals surface area (Å²) in [7, 11) is 0. The maximum atomic E-state index is 13.6. The van der Waals surface area contributed by atoms with Gasteiger partial charge in [-0.25, -0.2) is 9.37 Å². The number of alkyl halides is 4. The molecule has 1 unspecified atom stereocenters. The average molecular weight is 438 g/mol. The van der Waals surface area contributed by atoms with E-state index < -0.39 is 10.9 Å². The van der Waals surface area contributed by atoms with E-state index in [9.17, 15) is 13.2 Å². The third-order valence-corrected chi connectivity index (χ3v) is 5.19. The number of nitrogens with zero attached hydrogens (tertiary/aromatic N) is 1. The van der Waals surface area contributed by atoms with Gasteiger partial charge < -0.3 is 4.98 Å². The molecule has 1 heterocycles. The molecule has 3 rings (SSSR count). The van der Waals surface area contributed by atoms with Crippen LogP contribution in [0.5, 0.6) is 0 Å². The molecule has 26 heavy (non-hydrogen) atoms. The van der Waals surface area contributed by atoms with Crippen LogP contribution in [-0.4, -0.2) is 20.9 Å². The van der Waals surface area contributed by atoms with Gasteiger partial charge in [-0.1, -0.05) is 59.1 Å². The third-order valence-electron chi connectivity index (χ3n) is 3.42. The van der Waals surface area contributed by atoms with E-state index in [1.54, 1.807) is 48.5 Å². The Hall–Kier alpha value is -1.34. The first-order chi connectivity index (χ1) is 12.3. The van der Waals surface area contributed by atoms with Crippen LogP contribution in [0.15, 0.2) is 53.7 Å². The number of H-pyrrole nitrogens is 1. The molecule has 1 N–H and O–H groups in total. The Morgan fingerprint density at radius 1 is 0.923 bits per heavy atom. The summed E-state index contributed by atoms with van der Waals surface area (Å²) in [6.07, 6.45) is 0. The molecule has 0 aliphatic rings. The van der Waals surface area contributed by atoms with E-state index in [0.717, 1.165) is 0 Å². The van der Waals surface area contributed by atoms with E-state index in [0.29, 0.717) is 32.6 Å². The van der Waals surface area contributed by atoms with Gasteiger partial charge in [0.05, 0.1) is 11.4 Å². The van der Waals surface area contributed by atoms with Crippen LogP contribution < -0.4 is 0 Å². The standard InChI is InChI=1S/C17H10Cl3F3N2S/c18-11-5-1-9(2-6-11)13-14(10-3-7-12(19)8-4-10)25-16(24-13)26-17(22,23)15(20)21/h1-8,15H,(H,24,25). The minimum absolute atomic E-state index is 0.0745. The van der Waals surface area contributed by atoms with Crippen molar-refractivity contribution in [2.75, 3.05) is 0 Å². The predicted octanol–water partition coefficient (Wildman–Crippen LogP) is 7.27. The van der Waals surface area contributed by atoms with Crippen molar-refractivity contribution in [1.29, 1.82) is 0 Å². The molecule has 0 radical (unpaired) electrons. The lowest BCUT2D eigenvalue weighted by molar-refractivity contribution is 0.0534. The van der Waals surface area contributed by atoms with E-state index in [-0.39, 0.29) is 16.9 Å². The lowest BCUT2D eigenvalue weighted by Crippen LogP contribution is -2.20. The van der Waals surface area contributed by atoms with E-state index in [1.807, 2.05) is 0 Å². The highest BCUT2D eigenvalue weighted by Gasteiger charge is 2.41. The number of aromatic amines is 1. The number of hydrogen-bond acceptors (Lipinski definition) is 2. The number of aromatic nitrogens is 2. The van der Waals surface area contributed by atoms with Crippen molar-refractivity contribution in [2.24, 2.45) is 0 Å². The molecule has 0 aliphatic carbocycles. The van der Waals surface area contributed by atoms with Gasteiger partial charge >= 0.3 is 5.25 Å². The molecule has 0 saturated carbocycles. The normalized spacial score (nSPS) is 13.0. The van der Waals surface area contributed by atoms with Crippen molar-refractivity contribution < 1.29 is 13.2 Å². The first-order valence-electron chi connectivity index (χ1n) is 7.23. The number of nitrogens with one attached hydrogen (secondary N) is 1. The molecule has 0 spiro atoms. The minimum atomic E-state index is -3.83. The van der Waals surface area contributed by atoms with Crippen LogP contribution in [-0.2, 0) is 0 Å². The Labute approximate surface area is 166 Å². The second-order valence-corrected chi connectivity index (χ2v) is 7.64. The molecule has 9 heteroatoms. The lowest BCUT2D eigenvalue weighted by atomic mass is 10.1. The summed E-state index contributed by atoms with van der Waals surface area (Å²) in [5.41, 5.74) is -0.576. The summed E-state index contributed by atoms with van der Waals surface area (Å²) in [5, 5.41) is -2.92. The second-order valence-electron chi connectivity index (χ2n) is 5.24. The van der Waals surface area contributed by atoms with Crippen molar-refractivity contribution in [3.63, 3.8) is 0 Å². The van der Waals surface area contributed by atoms with Crippen LogP contribution in [0, 0.1) is 0 Å². The summed E-state index contributed by atoms with van der Waals surface area (Å²) < 4.78 is 40.2. The Morgan fingerprint density at radius 3 is 1.92 bits per heavy atom. The maximum Gasteiger partial charge on any atom is 0.345 e. The molecule has 0 amide bonds. The highest BCUT2D eigenvalue weighted by molar-refractivity contribution is 8.00. The van der Waals surface area contributed by atoms with Crippen molar-refractivity contribution in [1.82, 2.24) is 9.97 Å². The van der Waals surface area contributed by atoms with Gasteiger partial charge in [0.2, 0.25) is 5.63 Å². The van der Waals surface area contributed by atoms with Crippen molar-refractivity contribution in [3.05, 3.63) is 58.6 Å². The highest BCUT2D eigenvalue weighted by Crippen LogP contribution is 2.42. The van der Waals surface area contributed by atoms with E-state index >= 15 is 0 Å². The van der Waals surface area contributed by atoms with Gasteiger partial charge in [-0.3, -0.25) is 0 Å². The first kappa shape index (κ1) is 19.4. The average Bonchev–Trinajstić information content (AvgIpc) is 2.99. The summed E-state index contributed by atoms with van der Waals surface area (Å²) in [4.78, 5) is 7.01. The molecule has 136 valence electrons. The topological polar surface area (TPSA) is 28.7 Å². The van der Waals surface area contributed by atoms with Crippen molar-refractivity contribution in [3.8, 4) is 22.5 Å². The number of benzene rings is 2. The summed E-state index contributed by atoms with van der Waals surface area (Å²) in [6, 6.07) is 13.5. The van der Waals surface area contributed by atoms with Crippen molar-refractivity contribution >= 4 is 46.6 Å². The van der Waals surface area contributed by atoms with Crippen LogP contribution in [0.1, 0.15) is 0 Å². The zero-order chi connectivity index (χ0) is 18.9. The largest absolute Gasteiger partial charge is 0.345 e. The van der Waals surface area contributed by atoms with Crippen molar-refractivity contribution in [2.45, 2.75) is 16.0 Å². The molecule has 0 fully saturated rings. The zero-order valence-electron chi connectivity index (χ0n) is 12.8. The molecule has 0 saturated heterocycles. The van der Waals surface area contributed by atoms with E-state index in [4.69, 9.17) is 34.8 Å². The number of rotatable bonds is 5. The number of halogens is 6. The fraction of sp³-hybridized carbons (Fsp3) is 0.118. The van der Waals surface area contributed by atoms with Gasteiger partial charge in [0.1, 0.15) is 0 Å². The lowest BCUT2D eigenvalue weighted by Gasteiger charge is -2.13. The van der Waals surface area contributed by atoms with E-state index in [1.165, 1.54) is 0 Å². The number of imidazole rings is 1. The monoisotopic (exact) mass is 436 g/mol. The number of hydrogen-bond donors (Lipinski definition) is 1. The number of thioether (sulfide) groups is 1.